The van der Waals surface area contributed by atoms with Crippen LogP contribution in [-0.2, 0) is 16.1 Å². The molecular formula is C8H13N5O2. The van der Waals surface area contributed by atoms with Crippen molar-refractivity contribution in [2.45, 2.75) is 6.54 Å². The number of carbonyl (C=O) groups excluding carboxylic acids is 2. The fraction of sp³-hybridized carbons (Fsp3) is 0.375. The highest BCUT2D eigenvalue weighted by atomic mass is 16.2. The van der Waals surface area contributed by atoms with Crippen molar-refractivity contribution < 1.29 is 9.59 Å². The molecule has 0 aliphatic carbocycles. The number of nitrogens with zero attached hydrogens (tertiary/aromatic N) is 3. The Balaban J connectivity index is 2.52. The SMILES string of the molecule is CN(CC(N)=O)C(=O)Cn1ccc(N)n1. The molecule has 1 heterocycles. The van der Waals surface area contributed by atoms with E-state index in [1.165, 1.54) is 16.6 Å². The Hall–Kier alpha value is -2.05. The van der Waals surface area contributed by atoms with Crippen LogP contribution in [0.4, 0.5) is 5.82 Å². The van der Waals surface area contributed by atoms with E-state index < -0.39 is 5.91 Å². The van der Waals surface area contributed by atoms with Gasteiger partial charge in [-0.1, -0.05) is 0 Å². The normalized spacial score (nSPS) is 9.93. The van der Waals surface area contributed by atoms with Crippen LogP contribution in [0.1, 0.15) is 0 Å². The minimum absolute atomic E-state index is 0.0426. The third-order valence-corrected chi connectivity index (χ3v) is 1.78. The van der Waals surface area contributed by atoms with Crippen molar-refractivity contribution in [2.75, 3.05) is 19.3 Å². The molecule has 82 valence electrons. The number of amides is 2. The molecule has 0 atom stereocenters. The van der Waals surface area contributed by atoms with Crippen molar-refractivity contribution >= 4 is 17.6 Å². The molecule has 0 saturated heterocycles. The molecule has 1 aromatic rings. The van der Waals surface area contributed by atoms with Gasteiger partial charge in [-0.05, 0) is 6.07 Å². The van der Waals surface area contributed by atoms with Crippen LogP contribution >= 0.6 is 0 Å². The summed E-state index contributed by atoms with van der Waals surface area (Å²) in [5.74, 6) is -0.455. The van der Waals surface area contributed by atoms with Gasteiger partial charge < -0.3 is 16.4 Å². The Morgan fingerprint density at radius 3 is 2.73 bits per heavy atom. The molecule has 0 saturated carbocycles. The Labute approximate surface area is 86.6 Å². The number of anilines is 1. The summed E-state index contributed by atoms with van der Waals surface area (Å²) in [7, 11) is 1.50. The molecule has 1 rings (SSSR count). The predicted molar refractivity (Wildman–Crippen MR) is 53.5 cm³/mol. The molecule has 1 aromatic heterocycles. The van der Waals surface area contributed by atoms with E-state index in [1.54, 1.807) is 12.3 Å². The Morgan fingerprint density at radius 2 is 2.27 bits per heavy atom. The van der Waals surface area contributed by atoms with E-state index in [0.29, 0.717) is 5.82 Å². The maximum Gasteiger partial charge on any atom is 0.244 e. The molecule has 0 unspecified atom stereocenters. The average Bonchev–Trinajstić information content (AvgIpc) is 2.50. The van der Waals surface area contributed by atoms with E-state index in [2.05, 4.69) is 5.10 Å². The largest absolute Gasteiger partial charge is 0.382 e. The smallest absolute Gasteiger partial charge is 0.244 e. The number of aromatic nitrogens is 2. The summed E-state index contributed by atoms with van der Waals surface area (Å²) in [6.45, 7) is -0.0590. The number of primary amides is 1. The number of hydrogen-bond acceptors (Lipinski definition) is 4. The van der Waals surface area contributed by atoms with E-state index in [9.17, 15) is 9.59 Å². The van der Waals surface area contributed by atoms with Gasteiger partial charge >= 0.3 is 0 Å². The summed E-state index contributed by atoms with van der Waals surface area (Å²) in [5, 5.41) is 3.84. The highest BCUT2D eigenvalue weighted by molar-refractivity contribution is 5.83. The van der Waals surface area contributed by atoms with Crippen molar-refractivity contribution in [3.05, 3.63) is 12.3 Å². The highest BCUT2D eigenvalue weighted by Gasteiger charge is 2.11. The molecule has 0 aliphatic heterocycles. The third-order valence-electron chi connectivity index (χ3n) is 1.78. The van der Waals surface area contributed by atoms with Crippen molar-refractivity contribution in [2.24, 2.45) is 5.73 Å². The minimum atomic E-state index is -0.550. The van der Waals surface area contributed by atoms with Crippen molar-refractivity contribution in [3.63, 3.8) is 0 Å². The molecule has 0 aromatic carbocycles. The Kier molecular flexibility index (Phi) is 3.27. The molecule has 7 heteroatoms. The molecule has 0 bridgehead atoms. The summed E-state index contributed by atoms with van der Waals surface area (Å²) in [5.41, 5.74) is 10.3. The number of nitrogen functional groups attached to an aromatic ring is 1. The first-order chi connectivity index (χ1) is 6.99. The van der Waals surface area contributed by atoms with Gasteiger partial charge in [-0.2, -0.15) is 5.10 Å². The van der Waals surface area contributed by atoms with Crippen LogP contribution in [0.15, 0.2) is 12.3 Å². The molecule has 7 nitrogen and oxygen atoms in total. The minimum Gasteiger partial charge on any atom is -0.382 e. The van der Waals surface area contributed by atoms with Crippen molar-refractivity contribution in [1.29, 1.82) is 0 Å². The lowest BCUT2D eigenvalue weighted by Gasteiger charge is -2.14. The molecule has 2 amide bonds. The van der Waals surface area contributed by atoms with Gasteiger partial charge in [-0.25, -0.2) is 0 Å². The second-order valence-corrected chi connectivity index (χ2v) is 3.15. The topological polar surface area (TPSA) is 107 Å². The van der Waals surface area contributed by atoms with Gasteiger partial charge in [-0.3, -0.25) is 14.3 Å². The summed E-state index contributed by atoms with van der Waals surface area (Å²) in [4.78, 5) is 23.3. The lowest BCUT2D eigenvalue weighted by Crippen LogP contribution is -2.37. The summed E-state index contributed by atoms with van der Waals surface area (Å²) < 4.78 is 1.40. The lowest BCUT2D eigenvalue weighted by atomic mass is 10.4. The van der Waals surface area contributed by atoms with Crippen LogP contribution in [0, 0.1) is 0 Å². The number of rotatable bonds is 4. The van der Waals surface area contributed by atoms with Crippen LogP contribution in [-0.4, -0.2) is 40.1 Å². The van der Waals surface area contributed by atoms with Gasteiger partial charge in [0.05, 0.1) is 6.54 Å². The van der Waals surface area contributed by atoms with Crippen LogP contribution < -0.4 is 11.5 Å². The first-order valence-corrected chi connectivity index (χ1v) is 4.30. The molecule has 15 heavy (non-hydrogen) atoms. The summed E-state index contributed by atoms with van der Waals surface area (Å²) in [6, 6.07) is 1.58. The monoisotopic (exact) mass is 211 g/mol. The molecule has 4 N–H and O–H groups in total. The summed E-state index contributed by atoms with van der Waals surface area (Å²) in [6.07, 6.45) is 1.59. The first kappa shape index (κ1) is 11.0. The van der Waals surface area contributed by atoms with Crippen LogP contribution in [0.25, 0.3) is 0 Å². The Morgan fingerprint density at radius 1 is 1.60 bits per heavy atom. The quantitative estimate of drug-likeness (QED) is 0.625. The maximum atomic E-state index is 11.5. The average molecular weight is 211 g/mol. The van der Waals surface area contributed by atoms with E-state index >= 15 is 0 Å². The first-order valence-electron chi connectivity index (χ1n) is 4.30. The van der Waals surface area contributed by atoms with Crippen molar-refractivity contribution in [3.8, 4) is 0 Å². The lowest BCUT2D eigenvalue weighted by molar-refractivity contribution is -0.134. The van der Waals surface area contributed by atoms with E-state index in [-0.39, 0.29) is 19.0 Å². The number of nitrogens with two attached hydrogens (primary N) is 2. The van der Waals surface area contributed by atoms with E-state index in [1.807, 2.05) is 0 Å². The maximum absolute atomic E-state index is 11.5. The van der Waals surface area contributed by atoms with Gasteiger partial charge in [0.1, 0.15) is 12.4 Å². The predicted octanol–water partition coefficient (Wildman–Crippen LogP) is -1.59. The fourth-order valence-electron chi connectivity index (χ4n) is 1.05. The molecule has 0 fully saturated rings. The molecule has 0 spiro atoms. The number of carbonyl (C=O) groups is 2. The van der Waals surface area contributed by atoms with Gasteiger partial charge in [0.15, 0.2) is 0 Å². The van der Waals surface area contributed by atoms with Crippen LogP contribution in [0.5, 0.6) is 0 Å². The zero-order chi connectivity index (χ0) is 11.4. The fourth-order valence-corrected chi connectivity index (χ4v) is 1.05. The third kappa shape index (κ3) is 3.29. The van der Waals surface area contributed by atoms with E-state index in [0.717, 1.165) is 0 Å². The highest BCUT2D eigenvalue weighted by Crippen LogP contribution is 1.96. The van der Waals surface area contributed by atoms with Gasteiger partial charge in [0, 0.05) is 13.2 Å². The molecular weight excluding hydrogens is 198 g/mol. The zero-order valence-electron chi connectivity index (χ0n) is 8.38. The van der Waals surface area contributed by atoms with Gasteiger partial charge in [0.2, 0.25) is 11.8 Å². The standard InChI is InChI=1S/C8H13N5O2/c1-12(4-7(10)14)8(15)5-13-3-2-6(9)11-13/h2-3H,4-5H2,1H3,(H2,9,11)(H2,10,14). The van der Waals surface area contributed by atoms with Crippen LogP contribution in [0.3, 0.4) is 0 Å². The van der Waals surface area contributed by atoms with E-state index in [4.69, 9.17) is 11.5 Å². The van der Waals surface area contributed by atoms with Gasteiger partial charge in [-0.15, -0.1) is 0 Å². The van der Waals surface area contributed by atoms with Crippen molar-refractivity contribution in [1.82, 2.24) is 14.7 Å². The number of likely N-dealkylation sites (N-methyl/N-ethyl adjacent to an activating group) is 1. The number of hydrogen-bond donors (Lipinski definition) is 2. The second-order valence-electron chi connectivity index (χ2n) is 3.15. The van der Waals surface area contributed by atoms with Gasteiger partial charge in [0.25, 0.3) is 0 Å². The second kappa shape index (κ2) is 4.45. The van der Waals surface area contributed by atoms with Crippen LogP contribution in [0.2, 0.25) is 0 Å². The molecule has 0 radical (unpaired) electrons. The zero-order valence-corrected chi connectivity index (χ0v) is 8.38. The summed E-state index contributed by atoms with van der Waals surface area (Å²) >= 11 is 0. The Bertz CT molecular complexity index is 373. The molecule has 0 aliphatic rings.